The fourth-order valence-electron chi connectivity index (χ4n) is 7.09. The number of nitrogens with zero attached hydrogens (tertiary/aromatic N) is 3. The molecule has 0 spiro atoms. The Labute approximate surface area is 260 Å². The van der Waals surface area contributed by atoms with Gasteiger partial charge in [-0.3, -0.25) is 19.7 Å². The Hall–Kier alpha value is -4.84. The third-order valence-corrected chi connectivity index (χ3v) is 9.08. The van der Waals surface area contributed by atoms with Gasteiger partial charge in [0.15, 0.2) is 11.5 Å². The number of carbonyl (C=O) groups excluding carboxylic acids is 3. The summed E-state index contributed by atoms with van der Waals surface area (Å²) in [7, 11) is 6.01. The summed E-state index contributed by atoms with van der Waals surface area (Å²) >= 11 is 0. The number of carbonyl (C=O) groups is 3. The van der Waals surface area contributed by atoms with Gasteiger partial charge < -0.3 is 28.4 Å². The number of urea groups is 1. The first-order chi connectivity index (χ1) is 21.7. The Morgan fingerprint density at radius 1 is 0.844 bits per heavy atom. The van der Waals surface area contributed by atoms with E-state index in [2.05, 4.69) is 10.2 Å². The van der Waals surface area contributed by atoms with Gasteiger partial charge in [0.05, 0.1) is 34.1 Å². The summed E-state index contributed by atoms with van der Waals surface area (Å²) in [6.45, 7) is 1.76. The van der Waals surface area contributed by atoms with E-state index in [4.69, 9.17) is 18.9 Å². The van der Waals surface area contributed by atoms with E-state index in [-0.39, 0.29) is 30.4 Å². The summed E-state index contributed by atoms with van der Waals surface area (Å²) in [5.41, 5.74) is 0.136. The molecule has 1 aromatic heterocycles. The van der Waals surface area contributed by atoms with Crippen molar-refractivity contribution in [3.05, 3.63) is 76.2 Å². The third kappa shape index (κ3) is 5.28. The Kier molecular flexibility index (Phi) is 8.00. The molecule has 0 aliphatic carbocycles. The summed E-state index contributed by atoms with van der Waals surface area (Å²) < 4.78 is 23.7. The van der Waals surface area contributed by atoms with Gasteiger partial charge in [-0.25, -0.2) is 9.69 Å². The van der Waals surface area contributed by atoms with Gasteiger partial charge in [0.1, 0.15) is 11.2 Å². The van der Waals surface area contributed by atoms with E-state index < -0.39 is 23.3 Å². The molecule has 2 saturated heterocycles. The molecule has 2 unspecified atom stereocenters. The number of imide groups is 2. The average molecular weight is 617 g/mol. The summed E-state index contributed by atoms with van der Waals surface area (Å²) in [6.07, 6.45) is 0.868. The van der Waals surface area contributed by atoms with Crippen LogP contribution in [0.3, 0.4) is 0 Å². The zero-order chi connectivity index (χ0) is 31.9. The molecule has 0 saturated carbocycles. The van der Waals surface area contributed by atoms with E-state index in [9.17, 15) is 19.2 Å². The summed E-state index contributed by atoms with van der Waals surface area (Å²) in [4.78, 5) is 57.7. The first kappa shape index (κ1) is 30.2. The number of rotatable bonds is 9. The maximum atomic E-state index is 14.7. The molecule has 12 nitrogen and oxygen atoms in total. The number of barbiturate groups is 1. The third-order valence-electron chi connectivity index (χ3n) is 9.08. The highest BCUT2D eigenvalue weighted by atomic mass is 16.5. The molecule has 45 heavy (non-hydrogen) atoms. The maximum absolute atomic E-state index is 14.7. The van der Waals surface area contributed by atoms with E-state index in [1.165, 1.54) is 28.4 Å². The van der Waals surface area contributed by atoms with Crippen LogP contribution < -0.4 is 34.7 Å². The molecule has 2 bridgehead atoms. The van der Waals surface area contributed by atoms with E-state index in [0.717, 1.165) is 17.0 Å². The molecule has 3 aliphatic rings. The number of benzene rings is 2. The maximum Gasteiger partial charge on any atom is 0.335 e. The summed E-state index contributed by atoms with van der Waals surface area (Å²) in [6, 6.07) is 14.4. The van der Waals surface area contributed by atoms with Crippen LogP contribution in [0.2, 0.25) is 0 Å². The van der Waals surface area contributed by atoms with Crippen LogP contribution in [0.25, 0.3) is 0 Å². The smallest absolute Gasteiger partial charge is 0.335 e. The number of aromatic nitrogens is 1. The van der Waals surface area contributed by atoms with Crippen molar-refractivity contribution in [1.82, 2.24) is 14.8 Å². The number of amides is 4. The number of likely N-dealkylation sites (tertiary alicyclic amines) is 1. The molecular formula is C33H36N4O8. The SMILES string of the molecule is COc1ccc(N2C(=O)NC(=O)C(Cc3cc(OC)c(OC)c(OC)c3)(CN3CC4C[C@@H](C3)c3cccc(=O)n3C4)C2=O)cc1. The quantitative estimate of drug-likeness (QED) is 0.361. The van der Waals surface area contributed by atoms with Gasteiger partial charge in [-0.2, -0.15) is 0 Å². The lowest BCUT2D eigenvalue weighted by Gasteiger charge is -2.47. The van der Waals surface area contributed by atoms with Crippen LogP contribution in [0.15, 0.2) is 59.4 Å². The van der Waals surface area contributed by atoms with Crippen molar-refractivity contribution in [1.29, 1.82) is 0 Å². The summed E-state index contributed by atoms with van der Waals surface area (Å²) in [5, 5.41) is 2.48. The molecule has 1 N–H and O–H groups in total. The van der Waals surface area contributed by atoms with Crippen molar-refractivity contribution in [2.75, 3.05) is 53.0 Å². The van der Waals surface area contributed by atoms with E-state index in [0.29, 0.717) is 53.9 Å². The summed E-state index contributed by atoms with van der Waals surface area (Å²) in [5.74, 6) is 0.603. The van der Waals surface area contributed by atoms with Crippen LogP contribution in [0.1, 0.15) is 23.6 Å². The second-order valence-electron chi connectivity index (χ2n) is 11.8. The standard InChI is InChI=1S/C33H36N4O8/c1-42-24-10-8-23(9-11-24)37-31(40)33(30(39)34-32(37)41,15-20-13-26(43-2)29(45-4)27(14-20)44-3)19-35-16-21-12-22(18-35)25-6-5-7-28(38)36(25)17-21/h5-11,13-14,21-22H,12,15-19H2,1-4H3,(H,34,39,41)/t21?,22-,33?/m0/s1. The number of pyridine rings is 1. The molecule has 236 valence electrons. The highest BCUT2D eigenvalue weighted by Gasteiger charge is 2.56. The molecule has 6 rings (SSSR count). The molecule has 2 aromatic carbocycles. The Morgan fingerprint density at radius 3 is 2.20 bits per heavy atom. The van der Waals surface area contributed by atoms with Crippen LogP contribution in [0.5, 0.6) is 23.0 Å². The minimum Gasteiger partial charge on any atom is -0.497 e. The van der Waals surface area contributed by atoms with Crippen molar-refractivity contribution in [3.8, 4) is 23.0 Å². The first-order valence-electron chi connectivity index (χ1n) is 14.8. The zero-order valence-electron chi connectivity index (χ0n) is 25.7. The lowest BCUT2D eigenvalue weighted by Crippen LogP contribution is -2.68. The van der Waals surface area contributed by atoms with E-state index >= 15 is 0 Å². The normalized spacial score (nSPS) is 22.8. The molecular weight excluding hydrogens is 580 g/mol. The number of fused-ring (bicyclic) bond motifs is 4. The molecule has 3 aromatic rings. The van der Waals surface area contributed by atoms with Gasteiger partial charge in [0.2, 0.25) is 11.7 Å². The molecule has 2 fully saturated rings. The number of anilines is 1. The molecule has 3 atom stereocenters. The second kappa shape index (κ2) is 11.9. The molecule has 3 aliphatic heterocycles. The predicted molar refractivity (Wildman–Crippen MR) is 164 cm³/mol. The van der Waals surface area contributed by atoms with Crippen LogP contribution in [-0.2, 0) is 22.6 Å². The Bertz CT molecular complexity index is 1680. The van der Waals surface area contributed by atoms with Gasteiger partial charge in [0, 0.05) is 43.9 Å². The highest BCUT2D eigenvalue weighted by molar-refractivity contribution is 6.30. The highest BCUT2D eigenvalue weighted by Crippen LogP contribution is 2.43. The number of ether oxygens (including phenoxy) is 4. The Balaban J connectivity index is 1.42. The minimum atomic E-state index is -1.69. The van der Waals surface area contributed by atoms with Gasteiger partial charge in [-0.05, 0) is 66.8 Å². The van der Waals surface area contributed by atoms with Crippen LogP contribution in [0, 0.1) is 11.3 Å². The largest absolute Gasteiger partial charge is 0.497 e. The number of methoxy groups -OCH3 is 4. The number of piperidine rings is 1. The monoisotopic (exact) mass is 616 g/mol. The van der Waals surface area contributed by atoms with Crippen molar-refractivity contribution < 1.29 is 33.3 Å². The van der Waals surface area contributed by atoms with Crippen molar-refractivity contribution in [2.24, 2.45) is 11.3 Å². The van der Waals surface area contributed by atoms with E-state index in [1.54, 1.807) is 48.5 Å². The number of hydrogen-bond acceptors (Lipinski definition) is 9. The number of hydrogen-bond donors (Lipinski definition) is 1. The van der Waals surface area contributed by atoms with E-state index in [1.807, 2.05) is 10.6 Å². The molecule has 12 heteroatoms. The Morgan fingerprint density at radius 2 is 1.56 bits per heavy atom. The minimum absolute atomic E-state index is 0.0231. The van der Waals surface area contributed by atoms with Crippen LogP contribution in [-0.4, -0.2) is 75.4 Å². The van der Waals surface area contributed by atoms with Gasteiger partial charge in [-0.15, -0.1) is 0 Å². The fraction of sp³-hybridized carbons (Fsp3) is 0.394. The molecule has 0 radical (unpaired) electrons. The zero-order valence-corrected chi connectivity index (χ0v) is 25.7. The first-order valence-corrected chi connectivity index (χ1v) is 14.8. The van der Waals surface area contributed by atoms with Gasteiger partial charge >= 0.3 is 6.03 Å². The van der Waals surface area contributed by atoms with Crippen molar-refractivity contribution in [3.63, 3.8) is 0 Å². The predicted octanol–water partition coefficient (Wildman–Crippen LogP) is 2.81. The second-order valence-corrected chi connectivity index (χ2v) is 11.8. The number of nitrogens with one attached hydrogen (secondary N) is 1. The van der Waals surface area contributed by atoms with Crippen molar-refractivity contribution >= 4 is 23.5 Å². The van der Waals surface area contributed by atoms with Gasteiger partial charge in [0.25, 0.3) is 11.5 Å². The average Bonchev–Trinajstić information content (AvgIpc) is 3.04. The molecule has 4 heterocycles. The topological polar surface area (TPSA) is 129 Å². The fourth-order valence-corrected chi connectivity index (χ4v) is 7.09. The molecule has 4 amide bonds. The lowest BCUT2D eigenvalue weighted by atomic mass is 9.75. The van der Waals surface area contributed by atoms with Gasteiger partial charge in [-0.1, -0.05) is 6.07 Å². The van der Waals surface area contributed by atoms with Crippen molar-refractivity contribution in [2.45, 2.75) is 25.3 Å². The van der Waals surface area contributed by atoms with Crippen LogP contribution >= 0.6 is 0 Å². The lowest BCUT2D eigenvalue weighted by molar-refractivity contribution is -0.144. The van der Waals surface area contributed by atoms with Crippen LogP contribution in [0.4, 0.5) is 10.5 Å².